The fourth-order valence-electron chi connectivity index (χ4n) is 7.35. The predicted octanol–water partition coefficient (Wildman–Crippen LogP) is 3.28. The second kappa shape index (κ2) is 8.22. The van der Waals surface area contributed by atoms with Crippen molar-refractivity contribution >= 4 is 5.91 Å². The Morgan fingerprint density at radius 1 is 1.33 bits per heavy atom. The zero-order chi connectivity index (χ0) is 25.2. The summed E-state index contributed by atoms with van der Waals surface area (Å²) in [5, 5.41) is 23.2. The van der Waals surface area contributed by atoms with Gasteiger partial charge in [0.25, 0.3) is 0 Å². The van der Waals surface area contributed by atoms with Gasteiger partial charge in [0.05, 0.1) is 11.5 Å². The summed E-state index contributed by atoms with van der Waals surface area (Å²) in [7, 11) is 1.83. The smallest absolute Gasteiger partial charge is 0.223 e. The monoisotopic (exact) mass is 486 g/mol. The minimum atomic E-state index is -1.16. The Labute approximate surface area is 212 Å². The number of amides is 1. The van der Waals surface area contributed by atoms with Crippen molar-refractivity contribution in [2.24, 2.45) is 0 Å². The zero-order valence-electron chi connectivity index (χ0n) is 21.0. The lowest BCUT2D eigenvalue weighted by Gasteiger charge is -2.62. The molecule has 1 fully saturated rings. The summed E-state index contributed by atoms with van der Waals surface area (Å²) < 4.78 is 6.54. The first-order chi connectivity index (χ1) is 17.3. The van der Waals surface area contributed by atoms with Gasteiger partial charge in [0.15, 0.2) is 11.5 Å². The van der Waals surface area contributed by atoms with Crippen LogP contribution in [-0.2, 0) is 23.1 Å². The van der Waals surface area contributed by atoms with E-state index in [2.05, 4.69) is 36.6 Å². The number of aryl methyl sites for hydroxylation is 2. The number of likely N-dealkylation sites (tertiary alicyclic amines) is 1. The molecule has 2 aliphatic heterocycles. The van der Waals surface area contributed by atoms with Gasteiger partial charge in [-0.1, -0.05) is 54.1 Å². The number of hydrogen-bond donors (Lipinski definition) is 2. The number of carbonyl (C=O) groups is 1. The SMILES string of the molecule is C=CCN1CC[C@]23c4c5ccc(O)c4OC2C(N(C)C(=O)CCc2cccc(C)c2)C=C[C@@]3(O)[C@H]1C5. The first kappa shape index (κ1) is 23.3. The van der Waals surface area contributed by atoms with Crippen LogP contribution in [0.2, 0.25) is 0 Å². The van der Waals surface area contributed by atoms with Crippen molar-refractivity contribution in [2.75, 3.05) is 20.1 Å². The van der Waals surface area contributed by atoms with Crippen LogP contribution in [0.1, 0.15) is 35.1 Å². The maximum absolute atomic E-state index is 13.4. The number of likely N-dealkylation sites (N-methyl/N-ethyl adjacent to an activating group) is 1. The summed E-state index contributed by atoms with van der Waals surface area (Å²) in [5.41, 5.74) is 2.49. The molecule has 2 aromatic rings. The maximum Gasteiger partial charge on any atom is 0.223 e. The van der Waals surface area contributed by atoms with Gasteiger partial charge in [0.1, 0.15) is 11.7 Å². The highest BCUT2D eigenvalue weighted by Crippen LogP contribution is 2.64. The van der Waals surface area contributed by atoms with Crippen LogP contribution in [0.15, 0.2) is 61.2 Å². The van der Waals surface area contributed by atoms with Crippen LogP contribution in [0.5, 0.6) is 11.5 Å². The van der Waals surface area contributed by atoms with Crippen LogP contribution in [0, 0.1) is 6.92 Å². The van der Waals surface area contributed by atoms with E-state index in [0.29, 0.717) is 38.0 Å². The standard InChI is InChI=1S/C30H34N2O4/c1-4-15-32-16-14-29-26-21-9-10-23(33)27(26)36-28(29)22(12-13-30(29,35)24(32)18-21)31(3)25(34)11-8-20-7-5-6-19(2)17-20/h4-7,9-10,12-13,17,22,24,28,33,35H,1,8,11,14-16,18H2,2-3H3/t22?,24-,28?,29+,30-/m1/s1. The average Bonchev–Trinajstić information content (AvgIpc) is 3.21. The first-order valence-corrected chi connectivity index (χ1v) is 12.9. The maximum atomic E-state index is 13.4. The number of nitrogens with zero attached hydrogens (tertiary/aromatic N) is 2. The summed E-state index contributed by atoms with van der Waals surface area (Å²) in [6, 6.07) is 11.4. The van der Waals surface area contributed by atoms with Crippen molar-refractivity contribution in [1.29, 1.82) is 0 Å². The Bertz CT molecular complexity index is 1270. The van der Waals surface area contributed by atoms with Crippen molar-refractivity contribution in [3.8, 4) is 11.5 Å². The second-order valence-electron chi connectivity index (χ2n) is 10.9. The molecular weight excluding hydrogens is 452 g/mol. The molecule has 6 nitrogen and oxygen atoms in total. The normalized spacial score (nSPS) is 31.5. The molecule has 36 heavy (non-hydrogen) atoms. The molecule has 1 saturated heterocycles. The van der Waals surface area contributed by atoms with Crippen LogP contribution in [0.3, 0.4) is 0 Å². The van der Waals surface area contributed by atoms with Crippen LogP contribution in [-0.4, -0.2) is 69.8 Å². The summed E-state index contributed by atoms with van der Waals surface area (Å²) in [4.78, 5) is 17.5. The van der Waals surface area contributed by atoms with Gasteiger partial charge in [-0.25, -0.2) is 0 Å². The molecule has 2 heterocycles. The molecule has 5 atom stereocenters. The number of phenolic OH excluding ortho intramolecular Hbond substituents is 1. The second-order valence-corrected chi connectivity index (χ2v) is 10.9. The fraction of sp³-hybridized carbons (Fsp3) is 0.433. The largest absolute Gasteiger partial charge is 0.504 e. The number of aromatic hydroxyl groups is 1. The Morgan fingerprint density at radius 2 is 2.17 bits per heavy atom. The van der Waals surface area contributed by atoms with E-state index in [-0.39, 0.29) is 23.7 Å². The van der Waals surface area contributed by atoms with Crippen molar-refractivity contribution in [1.82, 2.24) is 9.80 Å². The minimum absolute atomic E-state index is 0.0356. The lowest BCUT2D eigenvalue weighted by molar-refractivity contribution is -0.154. The summed E-state index contributed by atoms with van der Waals surface area (Å²) >= 11 is 0. The lowest BCUT2D eigenvalue weighted by Crippen LogP contribution is -2.76. The molecule has 0 aromatic heterocycles. The molecule has 2 aliphatic carbocycles. The molecule has 2 N–H and O–H groups in total. The summed E-state index contributed by atoms with van der Waals surface area (Å²) in [6.45, 7) is 7.47. The van der Waals surface area contributed by atoms with E-state index in [1.165, 1.54) is 5.56 Å². The number of phenols is 1. The molecule has 188 valence electrons. The Balaban J connectivity index is 1.37. The molecule has 0 radical (unpaired) electrons. The molecule has 6 heteroatoms. The predicted molar refractivity (Wildman–Crippen MR) is 138 cm³/mol. The number of rotatable bonds is 6. The third kappa shape index (κ3) is 3.07. The van der Waals surface area contributed by atoms with Gasteiger partial charge >= 0.3 is 0 Å². The molecule has 2 bridgehead atoms. The highest BCUT2D eigenvalue weighted by Gasteiger charge is 2.72. The van der Waals surface area contributed by atoms with E-state index in [1.54, 1.807) is 11.0 Å². The molecule has 4 aliphatic rings. The van der Waals surface area contributed by atoms with Crippen molar-refractivity contribution < 1.29 is 19.7 Å². The van der Waals surface area contributed by atoms with Gasteiger partial charge in [-0.2, -0.15) is 0 Å². The van der Waals surface area contributed by atoms with Gasteiger partial charge in [-0.3, -0.25) is 9.69 Å². The topological polar surface area (TPSA) is 73.2 Å². The zero-order valence-corrected chi connectivity index (χ0v) is 21.0. The van der Waals surface area contributed by atoms with Crippen LogP contribution in [0.4, 0.5) is 0 Å². The Kier molecular flexibility index (Phi) is 5.32. The van der Waals surface area contributed by atoms with E-state index in [0.717, 1.165) is 23.2 Å². The average molecular weight is 487 g/mol. The summed E-state index contributed by atoms with van der Waals surface area (Å²) in [5.74, 6) is 0.605. The molecular formula is C30H34N2O4. The van der Waals surface area contributed by atoms with Gasteiger partial charge in [0.2, 0.25) is 5.91 Å². The van der Waals surface area contributed by atoms with E-state index in [4.69, 9.17) is 4.74 Å². The van der Waals surface area contributed by atoms with Crippen LogP contribution >= 0.6 is 0 Å². The lowest BCUT2D eigenvalue weighted by atomic mass is 9.50. The number of hydrogen-bond acceptors (Lipinski definition) is 5. The van der Waals surface area contributed by atoms with E-state index >= 15 is 0 Å². The number of carbonyl (C=O) groups excluding carboxylic acids is 1. The molecule has 6 rings (SSSR count). The van der Waals surface area contributed by atoms with Gasteiger partial charge in [-0.15, -0.1) is 6.58 Å². The third-order valence-corrected chi connectivity index (χ3v) is 9.04. The molecule has 2 aromatic carbocycles. The van der Waals surface area contributed by atoms with Crippen LogP contribution < -0.4 is 4.74 Å². The van der Waals surface area contributed by atoms with Crippen molar-refractivity contribution in [2.45, 2.75) is 61.8 Å². The number of aliphatic hydroxyl groups is 1. The highest BCUT2D eigenvalue weighted by atomic mass is 16.5. The Morgan fingerprint density at radius 3 is 2.94 bits per heavy atom. The molecule has 0 saturated carbocycles. The van der Waals surface area contributed by atoms with E-state index in [1.807, 2.05) is 37.4 Å². The van der Waals surface area contributed by atoms with E-state index < -0.39 is 17.1 Å². The Hall–Kier alpha value is -3.09. The summed E-state index contributed by atoms with van der Waals surface area (Å²) in [6.07, 6.45) is 7.70. The number of ether oxygens (including phenoxy) is 1. The fourth-order valence-corrected chi connectivity index (χ4v) is 7.35. The highest BCUT2D eigenvalue weighted by molar-refractivity contribution is 5.77. The van der Waals surface area contributed by atoms with Gasteiger partial charge in [0, 0.05) is 38.2 Å². The number of piperidine rings is 1. The molecule has 2 unspecified atom stereocenters. The van der Waals surface area contributed by atoms with Gasteiger partial charge in [-0.05, 0) is 43.4 Å². The van der Waals surface area contributed by atoms with Crippen molar-refractivity contribution in [3.05, 3.63) is 83.5 Å². The third-order valence-electron chi connectivity index (χ3n) is 9.04. The van der Waals surface area contributed by atoms with Crippen molar-refractivity contribution in [3.63, 3.8) is 0 Å². The molecule has 1 spiro atoms. The van der Waals surface area contributed by atoms with E-state index in [9.17, 15) is 15.0 Å². The molecule has 1 amide bonds. The van der Waals surface area contributed by atoms with Gasteiger partial charge < -0.3 is 19.8 Å². The number of benzene rings is 2. The van der Waals surface area contributed by atoms with Crippen LogP contribution in [0.25, 0.3) is 0 Å². The minimum Gasteiger partial charge on any atom is -0.504 e. The first-order valence-electron chi connectivity index (χ1n) is 12.9. The quantitative estimate of drug-likeness (QED) is 0.613.